The maximum absolute atomic E-state index is 15.2. The first-order chi connectivity index (χ1) is 17.0. The number of nitrogens with one attached hydrogen (secondary N) is 3. The highest BCUT2D eigenvalue weighted by Crippen LogP contribution is 2.40. The predicted molar refractivity (Wildman–Crippen MR) is 118 cm³/mol. The molecule has 5 rings (SSSR count). The summed E-state index contributed by atoms with van der Waals surface area (Å²) in [7, 11) is 1.76. The summed E-state index contributed by atoms with van der Waals surface area (Å²) in [6, 6.07) is 4.12. The number of rotatable bonds is 5. The van der Waals surface area contributed by atoms with Crippen LogP contribution in [0.2, 0.25) is 0 Å². The van der Waals surface area contributed by atoms with Crippen molar-refractivity contribution in [3.05, 3.63) is 41.4 Å². The Morgan fingerprint density at radius 3 is 2.85 bits per heavy atom. The molecule has 11 nitrogen and oxygen atoms in total. The monoisotopic (exact) mass is 454 g/mol. The van der Waals surface area contributed by atoms with Gasteiger partial charge < -0.3 is 20.9 Å². The van der Waals surface area contributed by atoms with Gasteiger partial charge in [0.2, 0.25) is 5.91 Å². The Labute approximate surface area is 192 Å². The van der Waals surface area contributed by atoms with Crippen LogP contribution in [0.1, 0.15) is 39.1 Å². The van der Waals surface area contributed by atoms with Crippen molar-refractivity contribution in [3.8, 4) is 5.69 Å². The van der Waals surface area contributed by atoms with Crippen molar-refractivity contribution in [2.24, 2.45) is 5.92 Å². The average molecular weight is 454 g/mol. The van der Waals surface area contributed by atoms with Crippen LogP contribution in [0.4, 0.5) is 27.3 Å². The van der Waals surface area contributed by atoms with E-state index >= 15 is 4.39 Å². The first kappa shape index (κ1) is 17.5. The number of hydrogen-bond donors (Lipinski definition) is 3. The summed E-state index contributed by atoms with van der Waals surface area (Å²) in [5.74, 6) is -0.772. The molecule has 1 fully saturated rings. The minimum Gasteiger partial charge on any atom is -0.364 e. The van der Waals surface area contributed by atoms with Crippen LogP contribution >= 0.6 is 0 Å². The molecular weight excluding hydrogens is 429 g/mol. The molecule has 0 atom stereocenters. The fraction of sp³-hybridized carbons (Fsp3) is 0.333. The molecule has 0 saturated heterocycles. The van der Waals surface area contributed by atoms with Crippen molar-refractivity contribution < 1.29 is 18.1 Å². The molecule has 170 valence electrons. The van der Waals surface area contributed by atoms with E-state index in [4.69, 9.17) is 4.11 Å². The van der Waals surface area contributed by atoms with Crippen LogP contribution in [0.3, 0.4) is 0 Å². The summed E-state index contributed by atoms with van der Waals surface area (Å²) >= 11 is 0. The number of nitrogens with zero attached hydrogens (tertiary/aromatic N) is 6. The minimum atomic E-state index is -2.78. The molecule has 3 aromatic rings. The molecule has 0 bridgehead atoms. The van der Waals surface area contributed by atoms with Gasteiger partial charge in [0.1, 0.15) is 17.3 Å². The molecule has 3 N–H and O–H groups in total. The van der Waals surface area contributed by atoms with Crippen LogP contribution in [0, 0.1) is 18.7 Å². The SMILES string of the molecule is [2H]C([2H])([2H])NC(=O)c1nnc(NC(=O)C2CC2)cc1Nc1c(F)ccc2c1N(C)Cc1nc(C)nn1-2. The third kappa shape index (κ3) is 3.73. The van der Waals surface area contributed by atoms with Gasteiger partial charge in [-0.3, -0.25) is 9.59 Å². The number of carbonyl (C=O) groups excluding carboxylic acids is 2. The van der Waals surface area contributed by atoms with Crippen LogP contribution < -0.4 is 20.9 Å². The summed E-state index contributed by atoms with van der Waals surface area (Å²) in [6.07, 6.45) is 1.53. The Morgan fingerprint density at radius 1 is 1.27 bits per heavy atom. The first-order valence-corrected chi connectivity index (χ1v) is 10.2. The number of aryl methyl sites for hydroxylation is 1. The lowest BCUT2D eigenvalue weighted by Crippen LogP contribution is -2.28. The zero-order valence-electron chi connectivity index (χ0n) is 20.8. The summed E-state index contributed by atoms with van der Waals surface area (Å²) in [6.45, 7) is -0.688. The van der Waals surface area contributed by atoms with Crippen molar-refractivity contribution in [1.29, 1.82) is 0 Å². The third-order valence-corrected chi connectivity index (χ3v) is 5.46. The Kier molecular flexibility index (Phi) is 4.13. The van der Waals surface area contributed by atoms with Gasteiger partial charge in [0.25, 0.3) is 5.91 Å². The number of carbonyl (C=O) groups is 2. The lowest BCUT2D eigenvalue weighted by molar-refractivity contribution is -0.117. The van der Waals surface area contributed by atoms with Gasteiger partial charge in [-0.15, -0.1) is 10.2 Å². The molecule has 2 amide bonds. The molecule has 2 aromatic heterocycles. The zero-order valence-corrected chi connectivity index (χ0v) is 17.8. The fourth-order valence-corrected chi connectivity index (χ4v) is 3.76. The molecular formula is C21H22FN9O2. The lowest BCUT2D eigenvalue weighted by atomic mass is 10.1. The molecule has 0 spiro atoms. The van der Waals surface area contributed by atoms with Gasteiger partial charge in [0, 0.05) is 30.1 Å². The van der Waals surface area contributed by atoms with Crippen LogP contribution in [0.5, 0.6) is 0 Å². The molecule has 1 aromatic carbocycles. The van der Waals surface area contributed by atoms with Crippen LogP contribution in [0.15, 0.2) is 18.2 Å². The van der Waals surface area contributed by atoms with E-state index in [9.17, 15) is 9.59 Å². The lowest BCUT2D eigenvalue weighted by Gasteiger charge is -2.30. The second kappa shape index (κ2) is 7.80. The summed E-state index contributed by atoms with van der Waals surface area (Å²) in [5.41, 5.74) is 0.572. The van der Waals surface area contributed by atoms with Gasteiger partial charge >= 0.3 is 0 Å². The van der Waals surface area contributed by atoms with E-state index in [0.717, 1.165) is 12.8 Å². The van der Waals surface area contributed by atoms with Gasteiger partial charge in [-0.25, -0.2) is 14.1 Å². The van der Waals surface area contributed by atoms with E-state index in [-0.39, 0.29) is 34.7 Å². The van der Waals surface area contributed by atoms with E-state index in [2.05, 4.69) is 30.9 Å². The minimum absolute atomic E-state index is 0.00389. The molecule has 1 saturated carbocycles. The van der Waals surface area contributed by atoms with Crippen LogP contribution in [-0.4, -0.2) is 50.8 Å². The quantitative estimate of drug-likeness (QED) is 0.533. The molecule has 3 heterocycles. The molecule has 1 aliphatic heterocycles. The number of anilines is 4. The topological polar surface area (TPSA) is 130 Å². The van der Waals surface area contributed by atoms with Crippen LogP contribution in [-0.2, 0) is 11.3 Å². The van der Waals surface area contributed by atoms with Crippen LogP contribution in [0.25, 0.3) is 5.69 Å². The average Bonchev–Trinajstić information content (AvgIpc) is 3.56. The largest absolute Gasteiger partial charge is 0.364 e. The van der Waals surface area contributed by atoms with Crippen molar-refractivity contribution in [2.45, 2.75) is 26.3 Å². The summed E-state index contributed by atoms with van der Waals surface area (Å²) in [4.78, 5) is 31.1. The van der Waals surface area contributed by atoms with Gasteiger partial charge in [-0.1, -0.05) is 0 Å². The standard InChI is InChI=1S/C21H22FN9O2/c1-10-24-16-9-30(3)19-14(31(16)29-10)7-6-12(22)17(19)25-13-8-15(26-20(32)11-4-5-11)27-28-18(13)21(33)23-2/h6-8,11H,4-5,9H2,1-3H3,(H,23,33)(H2,25,26,27,32)/i2D3. The normalized spacial score (nSPS) is 16.1. The summed E-state index contributed by atoms with van der Waals surface area (Å²) in [5, 5.41) is 19.4. The van der Waals surface area contributed by atoms with Gasteiger partial charge in [-0.05, 0) is 31.9 Å². The highest BCUT2D eigenvalue weighted by molar-refractivity contribution is 6.00. The van der Waals surface area contributed by atoms with Crippen molar-refractivity contribution in [3.63, 3.8) is 0 Å². The smallest absolute Gasteiger partial charge is 0.273 e. The molecule has 12 heteroatoms. The van der Waals surface area contributed by atoms with Gasteiger partial charge in [0.05, 0.1) is 23.6 Å². The first-order valence-electron chi connectivity index (χ1n) is 11.7. The van der Waals surface area contributed by atoms with Crippen molar-refractivity contribution in [2.75, 3.05) is 29.6 Å². The number of hydrogen-bond acceptors (Lipinski definition) is 8. The van der Waals surface area contributed by atoms with Gasteiger partial charge in [0.15, 0.2) is 17.3 Å². The number of fused-ring (bicyclic) bond motifs is 3. The van der Waals surface area contributed by atoms with E-state index in [1.54, 1.807) is 29.6 Å². The third-order valence-electron chi connectivity index (χ3n) is 5.46. The Balaban J connectivity index is 1.58. The second-order valence-electron chi connectivity index (χ2n) is 7.97. The summed E-state index contributed by atoms with van der Waals surface area (Å²) < 4.78 is 38.9. The van der Waals surface area contributed by atoms with E-state index in [1.807, 2.05) is 5.32 Å². The maximum atomic E-state index is 15.2. The molecule has 33 heavy (non-hydrogen) atoms. The molecule has 1 aliphatic carbocycles. The second-order valence-corrected chi connectivity index (χ2v) is 7.97. The molecule has 2 aliphatic rings. The van der Waals surface area contributed by atoms with E-state index in [0.29, 0.717) is 29.6 Å². The molecule has 0 unspecified atom stereocenters. The van der Waals surface area contributed by atoms with Crippen molar-refractivity contribution >= 4 is 34.7 Å². The zero-order chi connectivity index (χ0) is 25.8. The number of amides is 2. The highest BCUT2D eigenvalue weighted by Gasteiger charge is 2.31. The van der Waals surface area contributed by atoms with E-state index < -0.39 is 18.7 Å². The fourth-order valence-electron chi connectivity index (χ4n) is 3.76. The number of benzene rings is 1. The highest BCUT2D eigenvalue weighted by atomic mass is 19.1. The number of halogens is 1. The maximum Gasteiger partial charge on any atom is 0.273 e. The Morgan fingerprint density at radius 2 is 2.09 bits per heavy atom. The van der Waals surface area contributed by atoms with E-state index in [1.165, 1.54) is 12.1 Å². The predicted octanol–water partition coefficient (Wildman–Crippen LogP) is 1.91. The van der Waals surface area contributed by atoms with Gasteiger partial charge in [-0.2, -0.15) is 5.10 Å². The number of aromatic nitrogens is 5. The van der Waals surface area contributed by atoms with Crippen molar-refractivity contribution in [1.82, 2.24) is 30.3 Å². The Bertz CT molecular complexity index is 1390. The molecule has 0 radical (unpaired) electrons. The Hall–Kier alpha value is -4.09.